The van der Waals surface area contributed by atoms with Crippen LogP contribution < -0.4 is 16.0 Å². The number of likely N-dealkylation sites (N-methyl/N-ethyl adjacent to an activating group) is 1. The second-order valence-corrected chi connectivity index (χ2v) is 4.23. The van der Waals surface area contributed by atoms with E-state index in [1.54, 1.807) is 19.1 Å². The standard InChI is InChI=1S/C11H17N5O2S/c1-16(7-8(17)13-5-6-18-2)11-9(10(12)19)14-3-4-15-11/h3-4H,5-7H2,1-2H3,(H2,12,19)(H,13,17). The van der Waals surface area contributed by atoms with Crippen LogP contribution in [0.15, 0.2) is 12.4 Å². The maximum Gasteiger partial charge on any atom is 0.239 e. The number of nitrogens with one attached hydrogen (secondary N) is 1. The highest BCUT2D eigenvalue weighted by atomic mass is 32.1. The average Bonchev–Trinajstić information content (AvgIpc) is 2.39. The molecule has 104 valence electrons. The van der Waals surface area contributed by atoms with Gasteiger partial charge in [-0.05, 0) is 0 Å². The van der Waals surface area contributed by atoms with Crippen molar-refractivity contribution >= 4 is 28.9 Å². The number of anilines is 1. The first-order chi connectivity index (χ1) is 9.06. The Bertz CT molecular complexity index is 454. The van der Waals surface area contributed by atoms with Gasteiger partial charge in [-0.15, -0.1) is 0 Å². The molecule has 0 fully saturated rings. The van der Waals surface area contributed by atoms with Crippen molar-refractivity contribution in [3.8, 4) is 0 Å². The van der Waals surface area contributed by atoms with Crippen molar-refractivity contribution < 1.29 is 9.53 Å². The van der Waals surface area contributed by atoms with Crippen LogP contribution in [0.25, 0.3) is 0 Å². The van der Waals surface area contributed by atoms with Crippen LogP contribution in [0.3, 0.4) is 0 Å². The first-order valence-electron chi connectivity index (χ1n) is 5.63. The minimum Gasteiger partial charge on any atom is -0.388 e. The summed E-state index contributed by atoms with van der Waals surface area (Å²) in [6.07, 6.45) is 3.03. The van der Waals surface area contributed by atoms with Gasteiger partial charge in [0.15, 0.2) is 5.82 Å². The van der Waals surface area contributed by atoms with Gasteiger partial charge in [-0.1, -0.05) is 12.2 Å². The van der Waals surface area contributed by atoms with Crippen LogP contribution in [0.4, 0.5) is 5.82 Å². The van der Waals surface area contributed by atoms with Gasteiger partial charge in [-0.3, -0.25) is 4.79 Å². The van der Waals surface area contributed by atoms with E-state index in [4.69, 9.17) is 22.7 Å². The molecule has 8 heteroatoms. The first-order valence-corrected chi connectivity index (χ1v) is 6.04. The molecule has 1 aromatic heterocycles. The van der Waals surface area contributed by atoms with Crippen LogP contribution in [-0.4, -0.2) is 54.7 Å². The number of carbonyl (C=O) groups excluding carboxylic acids is 1. The van der Waals surface area contributed by atoms with Gasteiger partial charge in [0.1, 0.15) is 10.7 Å². The quantitative estimate of drug-likeness (QED) is 0.505. The lowest BCUT2D eigenvalue weighted by Crippen LogP contribution is -2.37. The van der Waals surface area contributed by atoms with Crippen molar-refractivity contribution in [2.75, 3.05) is 38.8 Å². The van der Waals surface area contributed by atoms with E-state index in [1.165, 1.54) is 12.4 Å². The fourth-order valence-corrected chi connectivity index (χ4v) is 1.57. The molecule has 0 aliphatic heterocycles. The molecule has 0 spiro atoms. The van der Waals surface area contributed by atoms with E-state index in [-0.39, 0.29) is 17.4 Å². The lowest BCUT2D eigenvalue weighted by molar-refractivity contribution is -0.119. The number of carbonyl (C=O) groups is 1. The Morgan fingerprint density at radius 2 is 2.21 bits per heavy atom. The SMILES string of the molecule is COCCNC(=O)CN(C)c1nccnc1C(N)=S. The first kappa shape index (κ1) is 15.3. The van der Waals surface area contributed by atoms with Crippen molar-refractivity contribution in [1.29, 1.82) is 0 Å². The van der Waals surface area contributed by atoms with E-state index in [1.807, 2.05) is 0 Å². The zero-order valence-corrected chi connectivity index (χ0v) is 11.7. The number of rotatable bonds is 7. The summed E-state index contributed by atoms with van der Waals surface area (Å²) in [7, 11) is 3.30. The van der Waals surface area contributed by atoms with Crippen LogP contribution in [0.1, 0.15) is 5.69 Å². The lowest BCUT2D eigenvalue weighted by Gasteiger charge is -2.19. The molecule has 1 heterocycles. The highest BCUT2D eigenvalue weighted by Crippen LogP contribution is 2.12. The Balaban J connectivity index is 2.65. The Hall–Kier alpha value is -1.80. The van der Waals surface area contributed by atoms with Gasteiger partial charge in [-0.25, -0.2) is 9.97 Å². The molecule has 0 aromatic carbocycles. The highest BCUT2D eigenvalue weighted by molar-refractivity contribution is 7.80. The van der Waals surface area contributed by atoms with Gasteiger partial charge < -0.3 is 20.7 Å². The highest BCUT2D eigenvalue weighted by Gasteiger charge is 2.14. The van der Waals surface area contributed by atoms with E-state index >= 15 is 0 Å². The summed E-state index contributed by atoms with van der Waals surface area (Å²) in [6, 6.07) is 0. The minimum atomic E-state index is -0.140. The van der Waals surface area contributed by atoms with Gasteiger partial charge in [0.25, 0.3) is 0 Å². The number of amides is 1. The number of methoxy groups -OCH3 is 1. The second-order valence-electron chi connectivity index (χ2n) is 3.79. The maximum atomic E-state index is 11.7. The second kappa shape index (κ2) is 7.59. The van der Waals surface area contributed by atoms with Crippen LogP contribution in [-0.2, 0) is 9.53 Å². The van der Waals surface area contributed by atoms with E-state index in [0.717, 1.165) is 0 Å². The smallest absolute Gasteiger partial charge is 0.239 e. The number of hydrogen-bond donors (Lipinski definition) is 2. The molecule has 7 nitrogen and oxygen atoms in total. The topological polar surface area (TPSA) is 93.4 Å². The molecule has 1 amide bonds. The zero-order valence-electron chi connectivity index (χ0n) is 10.9. The van der Waals surface area contributed by atoms with Gasteiger partial charge in [0.2, 0.25) is 5.91 Å². The van der Waals surface area contributed by atoms with Gasteiger partial charge >= 0.3 is 0 Å². The van der Waals surface area contributed by atoms with Crippen molar-refractivity contribution in [3.63, 3.8) is 0 Å². The summed E-state index contributed by atoms with van der Waals surface area (Å²) >= 11 is 4.90. The Morgan fingerprint density at radius 1 is 1.53 bits per heavy atom. The van der Waals surface area contributed by atoms with E-state index in [0.29, 0.717) is 24.7 Å². The van der Waals surface area contributed by atoms with Gasteiger partial charge in [0.05, 0.1) is 13.2 Å². The van der Waals surface area contributed by atoms with Gasteiger partial charge in [0, 0.05) is 33.1 Å². The molecule has 1 rings (SSSR count). The molecule has 1 aromatic rings. The monoisotopic (exact) mass is 283 g/mol. The minimum absolute atomic E-state index is 0.137. The molecule has 0 radical (unpaired) electrons. The van der Waals surface area contributed by atoms with Crippen LogP contribution in [0, 0.1) is 0 Å². The molecule has 0 bridgehead atoms. The van der Waals surface area contributed by atoms with Gasteiger partial charge in [-0.2, -0.15) is 0 Å². The molecular formula is C11H17N5O2S. The molecular weight excluding hydrogens is 266 g/mol. The predicted molar refractivity (Wildman–Crippen MR) is 76.1 cm³/mol. The van der Waals surface area contributed by atoms with Crippen molar-refractivity contribution in [3.05, 3.63) is 18.1 Å². The fourth-order valence-electron chi connectivity index (χ4n) is 1.42. The molecule has 0 saturated carbocycles. The Kier molecular flexibility index (Phi) is 6.10. The summed E-state index contributed by atoms with van der Waals surface area (Å²) in [4.78, 5) is 21.7. The summed E-state index contributed by atoms with van der Waals surface area (Å²) in [5.41, 5.74) is 5.97. The lowest BCUT2D eigenvalue weighted by atomic mass is 10.3. The van der Waals surface area contributed by atoms with E-state index in [9.17, 15) is 4.79 Å². The Labute approximate surface area is 117 Å². The summed E-state index contributed by atoms with van der Waals surface area (Å²) in [5, 5.41) is 2.72. The summed E-state index contributed by atoms with van der Waals surface area (Å²) < 4.78 is 4.85. The third-order valence-electron chi connectivity index (χ3n) is 2.28. The number of ether oxygens (including phenoxy) is 1. The molecule has 0 aliphatic carbocycles. The molecule has 19 heavy (non-hydrogen) atoms. The van der Waals surface area contributed by atoms with E-state index in [2.05, 4.69) is 15.3 Å². The largest absolute Gasteiger partial charge is 0.388 e. The van der Waals surface area contributed by atoms with Crippen LogP contribution in [0.2, 0.25) is 0 Å². The summed E-state index contributed by atoms with van der Waals surface area (Å²) in [5.74, 6) is 0.344. The summed E-state index contributed by atoms with van der Waals surface area (Å²) in [6.45, 7) is 1.07. The number of thiocarbonyl (C=S) groups is 1. The third-order valence-corrected chi connectivity index (χ3v) is 2.48. The molecule has 3 N–H and O–H groups in total. The number of nitrogens with zero attached hydrogens (tertiary/aromatic N) is 3. The number of aromatic nitrogens is 2. The van der Waals surface area contributed by atoms with Crippen molar-refractivity contribution in [2.45, 2.75) is 0 Å². The number of nitrogens with two attached hydrogens (primary N) is 1. The Morgan fingerprint density at radius 3 is 2.84 bits per heavy atom. The molecule has 0 unspecified atom stereocenters. The zero-order chi connectivity index (χ0) is 14.3. The van der Waals surface area contributed by atoms with Crippen LogP contribution >= 0.6 is 12.2 Å². The van der Waals surface area contributed by atoms with Crippen molar-refractivity contribution in [1.82, 2.24) is 15.3 Å². The number of hydrogen-bond acceptors (Lipinski definition) is 6. The van der Waals surface area contributed by atoms with E-state index < -0.39 is 0 Å². The maximum absolute atomic E-state index is 11.7. The molecule has 0 saturated heterocycles. The predicted octanol–water partition coefficient (Wildman–Crippen LogP) is -0.690. The molecule has 0 aliphatic rings. The fraction of sp³-hybridized carbons (Fsp3) is 0.455. The average molecular weight is 283 g/mol. The van der Waals surface area contributed by atoms with Crippen LogP contribution in [0.5, 0.6) is 0 Å². The molecule has 0 atom stereocenters. The van der Waals surface area contributed by atoms with Crippen molar-refractivity contribution in [2.24, 2.45) is 5.73 Å². The third kappa shape index (κ3) is 4.76. The normalized spacial score (nSPS) is 10.0.